The lowest BCUT2D eigenvalue weighted by Gasteiger charge is -2.09. The molecule has 0 unspecified atom stereocenters. The van der Waals surface area contributed by atoms with Crippen molar-refractivity contribution in [1.29, 1.82) is 0 Å². The largest absolute Gasteiger partial charge is 0.398 e. The van der Waals surface area contributed by atoms with Gasteiger partial charge in [-0.15, -0.1) is 5.10 Å². The average Bonchev–Trinajstić information content (AvgIpc) is 2.72. The molecule has 0 aliphatic carbocycles. The minimum Gasteiger partial charge on any atom is -0.398 e. The summed E-state index contributed by atoms with van der Waals surface area (Å²) in [7, 11) is 0. The number of hydrogen-bond donors (Lipinski definition) is 1. The number of nitrogens with two attached hydrogens (primary N) is 1. The van der Waals surface area contributed by atoms with Gasteiger partial charge in [-0.1, -0.05) is 13.0 Å². The summed E-state index contributed by atoms with van der Waals surface area (Å²) in [5.41, 5.74) is 9.95. The van der Waals surface area contributed by atoms with Crippen molar-refractivity contribution in [2.75, 3.05) is 5.73 Å². The lowest BCUT2D eigenvalue weighted by Crippen LogP contribution is -2.03. The highest BCUT2D eigenvalue weighted by atomic mass is 15.5. The molecule has 17 heavy (non-hydrogen) atoms. The molecule has 0 saturated heterocycles. The van der Waals surface area contributed by atoms with E-state index in [1.807, 2.05) is 24.6 Å². The number of nitrogens with zero attached hydrogens (tertiary/aromatic N) is 4. The van der Waals surface area contributed by atoms with Crippen LogP contribution in [0, 0.1) is 13.8 Å². The summed E-state index contributed by atoms with van der Waals surface area (Å²) in [6, 6.07) is 4.01. The second kappa shape index (κ2) is 4.53. The molecule has 1 aromatic carbocycles. The van der Waals surface area contributed by atoms with Crippen molar-refractivity contribution < 1.29 is 0 Å². The van der Waals surface area contributed by atoms with E-state index in [0.717, 1.165) is 41.2 Å². The van der Waals surface area contributed by atoms with Gasteiger partial charge in [0.05, 0.1) is 0 Å². The first-order chi connectivity index (χ1) is 8.13. The van der Waals surface area contributed by atoms with Crippen LogP contribution >= 0.6 is 0 Å². The van der Waals surface area contributed by atoms with Crippen LogP contribution in [0.5, 0.6) is 0 Å². The van der Waals surface area contributed by atoms with Gasteiger partial charge >= 0.3 is 0 Å². The van der Waals surface area contributed by atoms with E-state index in [9.17, 15) is 0 Å². The third kappa shape index (κ3) is 2.13. The van der Waals surface area contributed by atoms with Crippen LogP contribution < -0.4 is 5.73 Å². The van der Waals surface area contributed by atoms with Crippen LogP contribution in [0.4, 0.5) is 5.69 Å². The minimum absolute atomic E-state index is 0.775. The predicted molar refractivity (Wildman–Crippen MR) is 67.4 cm³/mol. The predicted octanol–water partition coefficient (Wildman–Crippen LogP) is 1.95. The molecule has 0 bridgehead atoms. The summed E-state index contributed by atoms with van der Waals surface area (Å²) >= 11 is 0. The van der Waals surface area contributed by atoms with Crippen molar-refractivity contribution in [3.63, 3.8) is 0 Å². The average molecular weight is 231 g/mol. The molecule has 0 aliphatic heterocycles. The normalized spacial score (nSPS) is 10.8. The first-order valence-corrected chi connectivity index (χ1v) is 5.76. The SMILES string of the molecule is CCCn1nnnc1-c1cc(N)c(C)cc1C. The van der Waals surface area contributed by atoms with E-state index in [1.54, 1.807) is 0 Å². The van der Waals surface area contributed by atoms with Crippen molar-refractivity contribution in [2.24, 2.45) is 0 Å². The molecule has 0 atom stereocenters. The molecule has 0 fully saturated rings. The van der Waals surface area contributed by atoms with Gasteiger partial charge in [-0.05, 0) is 47.9 Å². The smallest absolute Gasteiger partial charge is 0.182 e. The molecule has 0 amide bonds. The third-order valence-electron chi connectivity index (χ3n) is 2.82. The first-order valence-electron chi connectivity index (χ1n) is 5.76. The molecule has 5 heteroatoms. The lowest BCUT2D eigenvalue weighted by molar-refractivity contribution is 0.583. The molecule has 2 aromatic rings. The quantitative estimate of drug-likeness (QED) is 0.820. The summed E-state index contributed by atoms with van der Waals surface area (Å²) in [6.45, 7) is 6.96. The summed E-state index contributed by atoms with van der Waals surface area (Å²) < 4.78 is 1.82. The van der Waals surface area contributed by atoms with Gasteiger partial charge in [0.15, 0.2) is 5.82 Å². The number of aromatic nitrogens is 4. The Morgan fingerprint density at radius 1 is 1.24 bits per heavy atom. The summed E-state index contributed by atoms with van der Waals surface area (Å²) in [6.07, 6.45) is 0.998. The number of tetrazole rings is 1. The first kappa shape index (κ1) is 11.6. The summed E-state index contributed by atoms with van der Waals surface area (Å²) in [5.74, 6) is 0.788. The van der Waals surface area contributed by atoms with Crippen LogP contribution in [0.2, 0.25) is 0 Å². The van der Waals surface area contributed by atoms with Crippen LogP contribution in [0.15, 0.2) is 12.1 Å². The van der Waals surface area contributed by atoms with Crippen molar-refractivity contribution >= 4 is 5.69 Å². The van der Waals surface area contributed by atoms with Gasteiger partial charge in [0.1, 0.15) is 0 Å². The Kier molecular flexibility index (Phi) is 3.08. The number of rotatable bonds is 3. The fraction of sp³-hybridized carbons (Fsp3) is 0.417. The highest BCUT2D eigenvalue weighted by Gasteiger charge is 2.12. The number of aryl methyl sites for hydroxylation is 3. The lowest BCUT2D eigenvalue weighted by atomic mass is 10.0. The Bertz CT molecular complexity index is 530. The number of nitrogen functional groups attached to an aromatic ring is 1. The van der Waals surface area contributed by atoms with E-state index < -0.39 is 0 Å². The van der Waals surface area contributed by atoms with Gasteiger partial charge in [0.25, 0.3) is 0 Å². The number of benzene rings is 1. The molecule has 1 aromatic heterocycles. The zero-order valence-corrected chi connectivity index (χ0v) is 10.4. The molecule has 0 aliphatic rings. The number of anilines is 1. The van der Waals surface area contributed by atoms with Gasteiger partial charge in [0, 0.05) is 17.8 Å². The maximum atomic E-state index is 5.94. The fourth-order valence-corrected chi connectivity index (χ4v) is 1.87. The second-order valence-electron chi connectivity index (χ2n) is 4.25. The van der Waals surface area contributed by atoms with Crippen molar-refractivity contribution in [3.8, 4) is 11.4 Å². The maximum absolute atomic E-state index is 5.94. The molecular weight excluding hydrogens is 214 g/mol. The Balaban J connectivity index is 2.52. The topological polar surface area (TPSA) is 69.6 Å². The van der Waals surface area contributed by atoms with Crippen molar-refractivity contribution in [3.05, 3.63) is 23.3 Å². The van der Waals surface area contributed by atoms with E-state index in [-0.39, 0.29) is 0 Å². The fourth-order valence-electron chi connectivity index (χ4n) is 1.87. The second-order valence-corrected chi connectivity index (χ2v) is 4.25. The minimum atomic E-state index is 0.775. The van der Waals surface area contributed by atoms with E-state index >= 15 is 0 Å². The Morgan fingerprint density at radius 3 is 2.71 bits per heavy atom. The molecule has 90 valence electrons. The van der Waals surface area contributed by atoms with Gasteiger partial charge < -0.3 is 5.73 Å². The molecule has 0 spiro atoms. The standard InChI is InChI=1S/C12H17N5/c1-4-5-17-12(14-15-16-17)10-7-11(13)9(3)6-8(10)2/h6-7H,4-5,13H2,1-3H3. The van der Waals surface area contributed by atoms with Gasteiger partial charge in [-0.25, -0.2) is 4.68 Å². The zero-order valence-electron chi connectivity index (χ0n) is 10.4. The Hall–Kier alpha value is -1.91. The van der Waals surface area contributed by atoms with Gasteiger partial charge in [0.2, 0.25) is 0 Å². The van der Waals surface area contributed by atoms with E-state index in [0.29, 0.717) is 0 Å². The maximum Gasteiger partial charge on any atom is 0.182 e. The molecule has 2 N–H and O–H groups in total. The Morgan fingerprint density at radius 2 is 2.00 bits per heavy atom. The van der Waals surface area contributed by atoms with Gasteiger partial charge in [-0.3, -0.25) is 0 Å². The summed E-state index contributed by atoms with van der Waals surface area (Å²) in [4.78, 5) is 0. The highest BCUT2D eigenvalue weighted by molar-refractivity contribution is 5.67. The van der Waals surface area contributed by atoms with Gasteiger partial charge in [-0.2, -0.15) is 0 Å². The highest BCUT2D eigenvalue weighted by Crippen LogP contribution is 2.25. The van der Waals surface area contributed by atoms with Crippen LogP contribution in [0.25, 0.3) is 11.4 Å². The van der Waals surface area contributed by atoms with E-state index in [2.05, 4.69) is 28.5 Å². The molecule has 1 heterocycles. The monoisotopic (exact) mass is 231 g/mol. The molecule has 0 radical (unpaired) electrons. The van der Waals surface area contributed by atoms with Crippen LogP contribution in [0.1, 0.15) is 24.5 Å². The van der Waals surface area contributed by atoms with Crippen LogP contribution in [0.3, 0.4) is 0 Å². The van der Waals surface area contributed by atoms with E-state index in [1.165, 1.54) is 0 Å². The number of hydrogen-bond acceptors (Lipinski definition) is 4. The molecule has 2 rings (SSSR count). The molecular formula is C12H17N5. The van der Waals surface area contributed by atoms with Crippen molar-refractivity contribution in [2.45, 2.75) is 33.7 Å². The van der Waals surface area contributed by atoms with Crippen LogP contribution in [-0.2, 0) is 6.54 Å². The zero-order chi connectivity index (χ0) is 12.4. The van der Waals surface area contributed by atoms with E-state index in [4.69, 9.17) is 5.73 Å². The Labute approximate surface area is 101 Å². The summed E-state index contributed by atoms with van der Waals surface area (Å²) in [5, 5.41) is 11.8. The molecule has 5 nitrogen and oxygen atoms in total. The molecule has 0 saturated carbocycles. The van der Waals surface area contributed by atoms with Crippen molar-refractivity contribution in [1.82, 2.24) is 20.2 Å². The third-order valence-corrected chi connectivity index (χ3v) is 2.82. The van der Waals surface area contributed by atoms with Crippen LogP contribution in [-0.4, -0.2) is 20.2 Å².